The number of nitrogens with zero attached hydrogens (tertiary/aromatic N) is 2. The monoisotopic (exact) mass is 450 g/mol. The van der Waals surface area contributed by atoms with Crippen LogP contribution in [-0.4, -0.2) is 16.1 Å². The second-order valence-electron chi connectivity index (χ2n) is 7.97. The van der Waals surface area contributed by atoms with Crippen LogP contribution in [0.3, 0.4) is 0 Å². The molecule has 0 aliphatic heterocycles. The van der Waals surface area contributed by atoms with E-state index in [1.165, 1.54) is 10.5 Å². The Morgan fingerprint density at radius 1 is 1.16 bits per heavy atom. The highest BCUT2D eigenvalue weighted by Gasteiger charge is 2.22. The van der Waals surface area contributed by atoms with Crippen molar-refractivity contribution < 1.29 is 9.21 Å². The smallest absolute Gasteiger partial charge is 0.233 e. The van der Waals surface area contributed by atoms with E-state index in [-0.39, 0.29) is 5.91 Å². The van der Waals surface area contributed by atoms with Gasteiger partial charge < -0.3 is 4.42 Å². The molecule has 0 fully saturated rings. The number of fused-ring (bicyclic) bond motifs is 1. The van der Waals surface area contributed by atoms with Crippen LogP contribution in [0.4, 0.5) is 5.13 Å². The predicted octanol–water partition coefficient (Wildman–Crippen LogP) is 6.78. The zero-order chi connectivity index (χ0) is 22.0. The molecule has 0 atom stereocenters. The summed E-state index contributed by atoms with van der Waals surface area (Å²) < 4.78 is 6.63. The predicted molar refractivity (Wildman–Crippen MR) is 130 cm³/mol. The topological polar surface area (TPSA) is 46.3 Å². The number of hydrogen-bond acceptors (Lipinski definition) is 5. The van der Waals surface area contributed by atoms with Gasteiger partial charge >= 0.3 is 0 Å². The molecule has 4 aromatic rings. The number of rotatable bonds is 7. The molecular formula is C25H26N2O2S2. The van der Waals surface area contributed by atoms with Crippen LogP contribution in [0.2, 0.25) is 0 Å². The Morgan fingerprint density at radius 2 is 1.94 bits per heavy atom. The zero-order valence-corrected chi connectivity index (χ0v) is 19.8. The number of thiazole rings is 1. The van der Waals surface area contributed by atoms with Gasteiger partial charge in [-0.3, -0.25) is 9.69 Å². The quantitative estimate of drug-likeness (QED) is 0.291. The Kier molecular flexibility index (Phi) is 6.49. The summed E-state index contributed by atoms with van der Waals surface area (Å²) in [5.74, 6) is 0.748. The number of carbonyl (C=O) groups is 1. The molecule has 0 N–H and O–H groups in total. The molecule has 4 rings (SSSR count). The first kappa shape index (κ1) is 21.7. The molecule has 160 valence electrons. The van der Waals surface area contributed by atoms with Crippen LogP contribution in [0.15, 0.2) is 64.1 Å². The van der Waals surface area contributed by atoms with E-state index < -0.39 is 0 Å². The lowest BCUT2D eigenvalue weighted by atomic mass is 10.1. The first-order valence-corrected chi connectivity index (χ1v) is 12.0. The lowest BCUT2D eigenvalue weighted by Gasteiger charge is -2.19. The fourth-order valence-corrected chi connectivity index (χ4v) is 5.52. The minimum Gasteiger partial charge on any atom is -0.467 e. The molecular weight excluding hydrogens is 424 g/mol. The summed E-state index contributed by atoms with van der Waals surface area (Å²) in [5, 5.41) is 1.24. The average molecular weight is 451 g/mol. The van der Waals surface area contributed by atoms with Gasteiger partial charge in [-0.1, -0.05) is 43.4 Å². The highest BCUT2D eigenvalue weighted by atomic mass is 32.2. The fraction of sp³-hybridized carbons (Fsp3) is 0.280. The molecule has 0 spiro atoms. The van der Waals surface area contributed by atoms with E-state index in [2.05, 4.69) is 52.0 Å². The van der Waals surface area contributed by atoms with Crippen molar-refractivity contribution >= 4 is 44.4 Å². The molecule has 2 aromatic heterocycles. The lowest BCUT2D eigenvalue weighted by Crippen LogP contribution is -2.31. The van der Waals surface area contributed by atoms with E-state index in [9.17, 15) is 4.79 Å². The zero-order valence-electron chi connectivity index (χ0n) is 18.2. The molecule has 0 aliphatic rings. The van der Waals surface area contributed by atoms with E-state index in [1.807, 2.05) is 36.0 Å². The van der Waals surface area contributed by atoms with Crippen molar-refractivity contribution in [3.05, 3.63) is 77.2 Å². The number of aromatic nitrogens is 1. The SMILES string of the molecule is Cc1cc(C)c2nc(N(Cc3ccco3)C(=O)Cc3ccc(SC(C)C)cc3)sc2c1. The van der Waals surface area contributed by atoms with Crippen LogP contribution >= 0.6 is 23.1 Å². The normalized spacial score (nSPS) is 11.4. The third-order valence-corrected chi connectivity index (χ3v) is 6.94. The first-order chi connectivity index (χ1) is 14.9. The van der Waals surface area contributed by atoms with E-state index in [0.29, 0.717) is 23.3 Å². The van der Waals surface area contributed by atoms with E-state index in [1.54, 1.807) is 22.5 Å². The molecule has 0 saturated heterocycles. The molecule has 1 amide bonds. The van der Waals surface area contributed by atoms with Gasteiger partial charge in [-0.15, -0.1) is 11.8 Å². The van der Waals surface area contributed by atoms with Crippen molar-refractivity contribution in [2.75, 3.05) is 4.90 Å². The number of furan rings is 1. The van der Waals surface area contributed by atoms with Crippen LogP contribution in [0.1, 0.15) is 36.3 Å². The van der Waals surface area contributed by atoms with Crippen molar-refractivity contribution in [3.8, 4) is 0 Å². The highest BCUT2D eigenvalue weighted by Crippen LogP contribution is 2.33. The van der Waals surface area contributed by atoms with Gasteiger partial charge in [0.05, 0.1) is 29.4 Å². The van der Waals surface area contributed by atoms with Gasteiger partial charge in [-0.25, -0.2) is 4.98 Å². The maximum atomic E-state index is 13.4. The third-order valence-electron chi connectivity index (χ3n) is 4.90. The molecule has 2 aromatic carbocycles. The number of aryl methyl sites for hydroxylation is 2. The molecule has 0 radical (unpaired) electrons. The maximum absolute atomic E-state index is 13.4. The summed E-state index contributed by atoms with van der Waals surface area (Å²) in [6, 6.07) is 16.3. The largest absolute Gasteiger partial charge is 0.467 e. The average Bonchev–Trinajstić information content (AvgIpc) is 3.36. The summed E-state index contributed by atoms with van der Waals surface area (Å²) >= 11 is 3.37. The molecule has 0 saturated carbocycles. The molecule has 0 unspecified atom stereocenters. The van der Waals surface area contributed by atoms with E-state index in [0.717, 1.165) is 27.1 Å². The summed E-state index contributed by atoms with van der Waals surface area (Å²) in [6.45, 7) is 8.86. The van der Waals surface area contributed by atoms with Crippen molar-refractivity contribution in [2.24, 2.45) is 0 Å². The van der Waals surface area contributed by atoms with Crippen LogP contribution < -0.4 is 4.90 Å². The Morgan fingerprint density at radius 3 is 2.61 bits per heavy atom. The van der Waals surface area contributed by atoms with Crippen molar-refractivity contribution in [2.45, 2.75) is 50.8 Å². The van der Waals surface area contributed by atoms with Crippen molar-refractivity contribution in [1.82, 2.24) is 4.98 Å². The van der Waals surface area contributed by atoms with Gasteiger partial charge in [0, 0.05) is 10.1 Å². The highest BCUT2D eigenvalue weighted by molar-refractivity contribution is 7.99. The van der Waals surface area contributed by atoms with Gasteiger partial charge in [-0.2, -0.15) is 0 Å². The van der Waals surface area contributed by atoms with E-state index >= 15 is 0 Å². The molecule has 0 bridgehead atoms. The van der Waals surface area contributed by atoms with Gasteiger partial charge in [0.2, 0.25) is 5.91 Å². The lowest BCUT2D eigenvalue weighted by molar-refractivity contribution is -0.118. The minimum atomic E-state index is 0.00842. The number of hydrogen-bond donors (Lipinski definition) is 0. The summed E-state index contributed by atoms with van der Waals surface area (Å²) in [4.78, 5) is 21.2. The van der Waals surface area contributed by atoms with Crippen LogP contribution in [0, 0.1) is 13.8 Å². The van der Waals surface area contributed by atoms with Crippen LogP contribution in [0.5, 0.6) is 0 Å². The Labute approximate surface area is 191 Å². The fourth-order valence-electron chi connectivity index (χ4n) is 3.52. The Bertz CT molecular complexity index is 1180. The number of carbonyl (C=O) groups excluding carboxylic acids is 1. The van der Waals surface area contributed by atoms with Crippen molar-refractivity contribution in [1.29, 1.82) is 0 Å². The first-order valence-electron chi connectivity index (χ1n) is 10.3. The number of amides is 1. The Hall–Kier alpha value is -2.57. The van der Waals surface area contributed by atoms with E-state index in [4.69, 9.17) is 9.40 Å². The van der Waals surface area contributed by atoms with Gasteiger partial charge in [0.1, 0.15) is 5.76 Å². The molecule has 31 heavy (non-hydrogen) atoms. The van der Waals surface area contributed by atoms with Crippen molar-refractivity contribution in [3.63, 3.8) is 0 Å². The molecule has 6 heteroatoms. The minimum absolute atomic E-state index is 0.00842. The van der Waals surface area contributed by atoms with Gasteiger partial charge in [-0.05, 0) is 60.9 Å². The number of benzene rings is 2. The summed E-state index contributed by atoms with van der Waals surface area (Å²) in [5.41, 5.74) is 4.28. The molecule has 2 heterocycles. The standard InChI is InChI=1S/C25H26N2O2S2/c1-16(2)30-21-9-7-19(8-10-21)14-23(28)27(15-20-6-5-11-29-20)25-26-24-18(4)12-17(3)13-22(24)31-25/h5-13,16H,14-15H2,1-4H3. The third kappa shape index (κ3) is 5.20. The maximum Gasteiger partial charge on any atom is 0.233 e. The van der Waals surface area contributed by atoms with Gasteiger partial charge in [0.25, 0.3) is 0 Å². The second-order valence-corrected chi connectivity index (χ2v) is 10.6. The van der Waals surface area contributed by atoms with Crippen LogP contribution in [0.25, 0.3) is 10.2 Å². The number of thioether (sulfide) groups is 1. The Balaban J connectivity index is 1.62. The molecule has 0 aliphatic carbocycles. The summed E-state index contributed by atoms with van der Waals surface area (Å²) in [7, 11) is 0. The molecule has 4 nitrogen and oxygen atoms in total. The number of anilines is 1. The summed E-state index contributed by atoms with van der Waals surface area (Å²) in [6.07, 6.45) is 1.95. The second kappa shape index (κ2) is 9.28. The van der Waals surface area contributed by atoms with Crippen LogP contribution in [-0.2, 0) is 17.8 Å². The van der Waals surface area contributed by atoms with Gasteiger partial charge in [0.15, 0.2) is 5.13 Å².